The lowest BCUT2D eigenvalue weighted by atomic mass is 10.1. The molecule has 2 N–H and O–H groups in total. The van der Waals surface area contributed by atoms with Gasteiger partial charge in [-0.25, -0.2) is 0 Å². The van der Waals surface area contributed by atoms with Crippen LogP contribution in [0.5, 0.6) is 11.5 Å². The zero-order chi connectivity index (χ0) is 20.2. The zero-order valence-electron chi connectivity index (χ0n) is 17.7. The maximum absolute atomic E-state index is 11.1. The van der Waals surface area contributed by atoms with Gasteiger partial charge in [-0.2, -0.15) is 0 Å². The molecule has 0 spiro atoms. The average Bonchev–Trinajstić information content (AvgIpc) is 3.23. The molecule has 1 saturated carbocycles. The molecule has 0 heterocycles. The van der Waals surface area contributed by atoms with Crippen LogP contribution in [0.1, 0.15) is 50.5 Å². The molecule has 164 valence electrons. The van der Waals surface area contributed by atoms with Crippen LogP contribution < -0.4 is 20.1 Å². The number of nitrogens with zero attached hydrogens (tertiary/aromatic N) is 1. The first kappa shape index (κ1) is 25.3. The van der Waals surface area contributed by atoms with Gasteiger partial charge in [0.05, 0.1) is 20.3 Å². The van der Waals surface area contributed by atoms with Gasteiger partial charge >= 0.3 is 5.97 Å². The van der Waals surface area contributed by atoms with Gasteiger partial charge in [-0.3, -0.25) is 9.79 Å². The predicted molar refractivity (Wildman–Crippen MR) is 125 cm³/mol. The van der Waals surface area contributed by atoms with Crippen LogP contribution in [0.4, 0.5) is 0 Å². The standard InChI is InChI=1S/C21H33N3O4.HI/c1-22-21(23-14-7-6-13-19(25)27-3)24-15-16-9-8-12-18(26-2)20(16)28-17-10-4-5-11-17;/h8-9,12,17H,4-7,10-11,13-15H2,1-3H3,(H2,22,23,24);1H. The van der Waals surface area contributed by atoms with Gasteiger partial charge in [-0.1, -0.05) is 12.1 Å². The number of ether oxygens (including phenoxy) is 3. The third kappa shape index (κ3) is 8.67. The second kappa shape index (κ2) is 14.3. The largest absolute Gasteiger partial charge is 0.493 e. The lowest BCUT2D eigenvalue weighted by molar-refractivity contribution is -0.140. The third-order valence-electron chi connectivity index (χ3n) is 4.86. The van der Waals surface area contributed by atoms with Crippen LogP contribution >= 0.6 is 24.0 Å². The van der Waals surface area contributed by atoms with Crippen LogP contribution in [0.2, 0.25) is 0 Å². The molecule has 1 aromatic carbocycles. The topological polar surface area (TPSA) is 81.2 Å². The number of carbonyl (C=O) groups is 1. The summed E-state index contributed by atoms with van der Waals surface area (Å²) >= 11 is 0. The highest BCUT2D eigenvalue weighted by molar-refractivity contribution is 14.0. The molecule has 0 aromatic heterocycles. The van der Waals surface area contributed by atoms with Crippen molar-refractivity contribution >= 4 is 35.9 Å². The molecule has 1 aliphatic rings. The second-order valence-electron chi connectivity index (χ2n) is 6.86. The number of hydrogen-bond donors (Lipinski definition) is 2. The normalized spacial score (nSPS) is 14.1. The maximum atomic E-state index is 11.1. The van der Waals surface area contributed by atoms with E-state index in [2.05, 4.69) is 20.4 Å². The smallest absolute Gasteiger partial charge is 0.305 e. The quantitative estimate of drug-likeness (QED) is 0.162. The van der Waals surface area contributed by atoms with Crippen molar-refractivity contribution in [1.29, 1.82) is 0 Å². The number of nitrogens with one attached hydrogen (secondary N) is 2. The number of aliphatic imine (C=N–C) groups is 1. The second-order valence-corrected chi connectivity index (χ2v) is 6.86. The summed E-state index contributed by atoms with van der Waals surface area (Å²) in [7, 11) is 4.82. The minimum absolute atomic E-state index is 0. The van der Waals surface area contributed by atoms with E-state index in [9.17, 15) is 4.79 Å². The molecular formula is C21H34IN3O4. The molecule has 0 radical (unpaired) electrons. The fourth-order valence-corrected chi connectivity index (χ4v) is 3.27. The molecule has 0 bridgehead atoms. The van der Waals surface area contributed by atoms with Gasteiger partial charge in [0.15, 0.2) is 17.5 Å². The van der Waals surface area contributed by atoms with Gasteiger partial charge < -0.3 is 24.8 Å². The molecule has 0 saturated heterocycles. The Kier molecular flexibility index (Phi) is 12.5. The lowest BCUT2D eigenvalue weighted by Gasteiger charge is -2.20. The Morgan fingerprint density at radius 2 is 1.93 bits per heavy atom. The highest BCUT2D eigenvalue weighted by atomic mass is 127. The SMILES string of the molecule is CN=C(NCCCCC(=O)OC)NCc1cccc(OC)c1OC1CCCC1.I. The minimum atomic E-state index is -0.171. The van der Waals surface area contributed by atoms with Gasteiger partial charge in [-0.05, 0) is 44.6 Å². The number of benzene rings is 1. The van der Waals surface area contributed by atoms with Crippen molar-refractivity contribution in [3.63, 3.8) is 0 Å². The number of carbonyl (C=O) groups excluding carboxylic acids is 1. The number of unbranched alkanes of at least 4 members (excludes halogenated alkanes) is 1. The number of rotatable bonds is 10. The van der Waals surface area contributed by atoms with E-state index in [-0.39, 0.29) is 36.0 Å². The van der Waals surface area contributed by atoms with Gasteiger partial charge in [0.2, 0.25) is 0 Å². The number of guanidine groups is 1. The number of methoxy groups -OCH3 is 2. The summed E-state index contributed by atoms with van der Waals surface area (Å²) < 4.78 is 16.4. The van der Waals surface area contributed by atoms with Crippen LogP contribution in [0.3, 0.4) is 0 Å². The fourth-order valence-electron chi connectivity index (χ4n) is 3.27. The summed E-state index contributed by atoms with van der Waals surface area (Å²) in [5.74, 6) is 2.12. The summed E-state index contributed by atoms with van der Waals surface area (Å²) in [6.07, 6.45) is 6.99. The molecule has 0 unspecified atom stereocenters. The molecule has 1 fully saturated rings. The first-order valence-corrected chi connectivity index (χ1v) is 10.0. The van der Waals surface area contributed by atoms with E-state index >= 15 is 0 Å². The van der Waals surface area contributed by atoms with Crippen LogP contribution in [0, 0.1) is 0 Å². The van der Waals surface area contributed by atoms with Crippen LogP contribution in [-0.2, 0) is 16.1 Å². The summed E-state index contributed by atoms with van der Waals surface area (Å²) in [6, 6.07) is 5.95. The molecule has 1 aromatic rings. The Hall–Kier alpha value is -1.71. The van der Waals surface area contributed by atoms with E-state index < -0.39 is 0 Å². The van der Waals surface area contributed by atoms with E-state index in [4.69, 9.17) is 9.47 Å². The van der Waals surface area contributed by atoms with Crippen LogP contribution in [0.25, 0.3) is 0 Å². The van der Waals surface area contributed by atoms with Crippen molar-refractivity contribution in [3.05, 3.63) is 23.8 Å². The molecule has 7 nitrogen and oxygen atoms in total. The Labute approximate surface area is 191 Å². The first-order chi connectivity index (χ1) is 13.7. The highest BCUT2D eigenvalue weighted by Gasteiger charge is 2.20. The summed E-state index contributed by atoms with van der Waals surface area (Å²) in [5.41, 5.74) is 1.04. The molecular weight excluding hydrogens is 485 g/mol. The molecule has 29 heavy (non-hydrogen) atoms. The predicted octanol–water partition coefficient (Wildman–Crippen LogP) is 3.64. The Bertz CT molecular complexity index is 649. The van der Waals surface area contributed by atoms with E-state index in [0.29, 0.717) is 18.9 Å². The molecule has 0 atom stereocenters. The van der Waals surface area contributed by atoms with E-state index in [0.717, 1.165) is 49.3 Å². The van der Waals surface area contributed by atoms with Crippen molar-refractivity contribution in [2.75, 3.05) is 27.8 Å². The molecule has 0 aliphatic heterocycles. The van der Waals surface area contributed by atoms with Crippen molar-refractivity contribution in [2.24, 2.45) is 4.99 Å². The van der Waals surface area contributed by atoms with Crippen molar-refractivity contribution in [1.82, 2.24) is 10.6 Å². The van der Waals surface area contributed by atoms with Gasteiger partial charge in [0.1, 0.15) is 0 Å². The van der Waals surface area contributed by atoms with Gasteiger partial charge in [0, 0.05) is 32.1 Å². The fraction of sp³-hybridized carbons (Fsp3) is 0.619. The van der Waals surface area contributed by atoms with Gasteiger partial charge in [-0.15, -0.1) is 24.0 Å². The Balaban J connectivity index is 0.00000420. The maximum Gasteiger partial charge on any atom is 0.305 e. The molecule has 1 aliphatic carbocycles. The highest BCUT2D eigenvalue weighted by Crippen LogP contribution is 2.34. The lowest BCUT2D eigenvalue weighted by Crippen LogP contribution is -2.37. The summed E-state index contributed by atoms with van der Waals surface area (Å²) in [5, 5.41) is 6.59. The van der Waals surface area contributed by atoms with E-state index in [1.807, 2.05) is 18.2 Å². The number of para-hydroxylation sites is 1. The Morgan fingerprint density at radius 1 is 1.17 bits per heavy atom. The van der Waals surface area contributed by atoms with Gasteiger partial charge in [0.25, 0.3) is 0 Å². The van der Waals surface area contributed by atoms with Crippen LogP contribution in [-0.4, -0.2) is 45.8 Å². The van der Waals surface area contributed by atoms with E-state index in [1.54, 1.807) is 14.2 Å². The van der Waals surface area contributed by atoms with Crippen molar-refractivity contribution in [2.45, 2.75) is 57.6 Å². The molecule has 0 amide bonds. The molecule has 8 heteroatoms. The average molecular weight is 519 g/mol. The molecule has 2 rings (SSSR count). The first-order valence-electron chi connectivity index (χ1n) is 10.0. The number of halogens is 1. The minimum Gasteiger partial charge on any atom is -0.493 e. The van der Waals surface area contributed by atoms with Crippen molar-refractivity contribution in [3.8, 4) is 11.5 Å². The third-order valence-corrected chi connectivity index (χ3v) is 4.86. The number of esters is 1. The monoisotopic (exact) mass is 519 g/mol. The van der Waals surface area contributed by atoms with Crippen molar-refractivity contribution < 1.29 is 19.0 Å². The van der Waals surface area contributed by atoms with E-state index in [1.165, 1.54) is 20.0 Å². The van der Waals surface area contributed by atoms with Crippen LogP contribution in [0.15, 0.2) is 23.2 Å². The Morgan fingerprint density at radius 3 is 2.59 bits per heavy atom. The zero-order valence-corrected chi connectivity index (χ0v) is 20.0. The number of hydrogen-bond acceptors (Lipinski definition) is 5. The summed E-state index contributed by atoms with van der Waals surface area (Å²) in [6.45, 7) is 1.32. The summed E-state index contributed by atoms with van der Waals surface area (Å²) in [4.78, 5) is 15.4.